The highest BCUT2D eigenvalue weighted by atomic mass is 16.5. The first-order chi connectivity index (χ1) is 10.0. The van der Waals surface area contributed by atoms with Gasteiger partial charge in [-0.25, -0.2) is 0 Å². The summed E-state index contributed by atoms with van der Waals surface area (Å²) in [5, 5.41) is 22.6. The van der Waals surface area contributed by atoms with Crippen molar-refractivity contribution in [2.24, 2.45) is 23.4 Å². The average Bonchev–Trinajstić information content (AvgIpc) is 2.93. The normalized spacial score (nSPS) is 20.0. The van der Waals surface area contributed by atoms with E-state index in [0.29, 0.717) is 31.9 Å². The maximum absolute atomic E-state index is 12.6. The number of ether oxygens (including phenoxy) is 1. The molecule has 9 heteroatoms. The number of carbonyl (C=O) groups excluding carboxylic acids is 1. The molecule has 1 amide bonds. The summed E-state index contributed by atoms with van der Waals surface area (Å²) in [5.74, 6) is 0.245. The second-order valence-corrected chi connectivity index (χ2v) is 5.17. The molecular formula is C12H20N6O3. The molecule has 0 bridgehead atoms. The van der Waals surface area contributed by atoms with Crippen LogP contribution in [0, 0.1) is 5.41 Å². The maximum Gasteiger partial charge on any atom is 0.234 e. The van der Waals surface area contributed by atoms with E-state index in [0.717, 1.165) is 0 Å². The minimum Gasteiger partial charge on any atom is -0.409 e. The van der Waals surface area contributed by atoms with Gasteiger partial charge in [0, 0.05) is 20.3 Å². The van der Waals surface area contributed by atoms with Crippen molar-refractivity contribution in [3.05, 3.63) is 12.2 Å². The van der Waals surface area contributed by atoms with E-state index in [1.165, 1.54) is 0 Å². The van der Waals surface area contributed by atoms with Crippen molar-refractivity contribution in [3.63, 3.8) is 0 Å². The third-order valence-corrected chi connectivity index (χ3v) is 3.86. The Morgan fingerprint density at radius 2 is 2.29 bits per heavy atom. The SMILES string of the molecule is CC(NC(=O)C1(C(N)=NO)CCOCC1)c1nncn1C. The molecule has 2 heterocycles. The fraction of sp³-hybridized carbons (Fsp3) is 0.667. The van der Waals surface area contributed by atoms with Gasteiger partial charge in [-0.2, -0.15) is 0 Å². The van der Waals surface area contributed by atoms with Crippen LogP contribution in [0.15, 0.2) is 11.5 Å². The van der Waals surface area contributed by atoms with E-state index in [9.17, 15) is 4.79 Å². The summed E-state index contributed by atoms with van der Waals surface area (Å²) in [5.41, 5.74) is 4.72. The van der Waals surface area contributed by atoms with Gasteiger partial charge < -0.3 is 25.6 Å². The number of aromatic nitrogens is 3. The predicted molar refractivity (Wildman–Crippen MR) is 73.5 cm³/mol. The molecule has 0 radical (unpaired) electrons. The lowest BCUT2D eigenvalue weighted by atomic mass is 9.78. The highest BCUT2D eigenvalue weighted by molar-refractivity contribution is 6.06. The zero-order chi connectivity index (χ0) is 15.5. The van der Waals surface area contributed by atoms with Crippen LogP contribution in [0.1, 0.15) is 31.6 Å². The third kappa shape index (κ3) is 2.82. The molecule has 1 aromatic rings. The van der Waals surface area contributed by atoms with Crippen LogP contribution >= 0.6 is 0 Å². The molecule has 2 rings (SSSR count). The first-order valence-corrected chi connectivity index (χ1v) is 6.72. The molecule has 1 saturated heterocycles. The Morgan fingerprint density at radius 1 is 1.62 bits per heavy atom. The summed E-state index contributed by atoms with van der Waals surface area (Å²) < 4.78 is 6.99. The highest BCUT2D eigenvalue weighted by Gasteiger charge is 2.45. The molecule has 0 aromatic carbocycles. The average molecular weight is 296 g/mol. The molecule has 1 atom stereocenters. The molecule has 0 saturated carbocycles. The Kier molecular flexibility index (Phi) is 4.41. The van der Waals surface area contributed by atoms with Crippen molar-refractivity contribution in [3.8, 4) is 0 Å². The van der Waals surface area contributed by atoms with Gasteiger partial charge in [0.15, 0.2) is 11.7 Å². The number of amidine groups is 1. The predicted octanol–water partition coefficient (Wildman–Crippen LogP) is -0.465. The number of nitrogens with zero attached hydrogens (tertiary/aromatic N) is 4. The molecule has 1 aliphatic rings. The molecule has 9 nitrogen and oxygen atoms in total. The summed E-state index contributed by atoms with van der Waals surface area (Å²) in [7, 11) is 1.80. The van der Waals surface area contributed by atoms with Crippen LogP contribution < -0.4 is 11.1 Å². The van der Waals surface area contributed by atoms with Crippen molar-refractivity contribution >= 4 is 11.7 Å². The number of hydrogen-bond acceptors (Lipinski definition) is 6. The minimum absolute atomic E-state index is 0.0894. The van der Waals surface area contributed by atoms with Gasteiger partial charge in [0.25, 0.3) is 0 Å². The van der Waals surface area contributed by atoms with E-state index in [2.05, 4.69) is 20.7 Å². The zero-order valence-electron chi connectivity index (χ0n) is 12.1. The van der Waals surface area contributed by atoms with Crippen LogP contribution in [-0.4, -0.2) is 44.9 Å². The van der Waals surface area contributed by atoms with Crippen LogP contribution in [0.3, 0.4) is 0 Å². The first-order valence-electron chi connectivity index (χ1n) is 6.72. The van der Waals surface area contributed by atoms with E-state index >= 15 is 0 Å². The zero-order valence-corrected chi connectivity index (χ0v) is 12.1. The molecule has 116 valence electrons. The Morgan fingerprint density at radius 3 is 2.81 bits per heavy atom. The van der Waals surface area contributed by atoms with Crippen molar-refractivity contribution in [1.82, 2.24) is 20.1 Å². The lowest BCUT2D eigenvalue weighted by molar-refractivity contribution is -0.132. The van der Waals surface area contributed by atoms with E-state index in [4.69, 9.17) is 15.7 Å². The Balaban J connectivity index is 2.18. The van der Waals surface area contributed by atoms with E-state index in [1.807, 2.05) is 0 Å². The quantitative estimate of drug-likeness (QED) is 0.298. The number of carbonyl (C=O) groups is 1. The number of rotatable bonds is 4. The van der Waals surface area contributed by atoms with Gasteiger partial charge in [-0.05, 0) is 19.8 Å². The monoisotopic (exact) mass is 296 g/mol. The number of oxime groups is 1. The van der Waals surface area contributed by atoms with Crippen molar-refractivity contribution in [2.45, 2.75) is 25.8 Å². The van der Waals surface area contributed by atoms with E-state index < -0.39 is 5.41 Å². The Bertz CT molecular complexity index is 535. The summed E-state index contributed by atoms with van der Waals surface area (Å²) in [6.07, 6.45) is 2.31. The van der Waals surface area contributed by atoms with Gasteiger partial charge >= 0.3 is 0 Å². The van der Waals surface area contributed by atoms with Crippen molar-refractivity contribution < 1.29 is 14.7 Å². The first kappa shape index (κ1) is 15.2. The summed E-state index contributed by atoms with van der Waals surface area (Å²) in [6, 6.07) is -0.337. The van der Waals surface area contributed by atoms with Gasteiger partial charge in [0.1, 0.15) is 11.7 Å². The van der Waals surface area contributed by atoms with Gasteiger partial charge in [0.2, 0.25) is 5.91 Å². The van der Waals surface area contributed by atoms with Crippen LogP contribution in [0.4, 0.5) is 0 Å². The molecule has 1 unspecified atom stereocenters. The number of amides is 1. The Hall–Kier alpha value is -2.16. The van der Waals surface area contributed by atoms with Gasteiger partial charge in [-0.15, -0.1) is 10.2 Å². The number of hydrogen-bond donors (Lipinski definition) is 3. The third-order valence-electron chi connectivity index (χ3n) is 3.86. The van der Waals surface area contributed by atoms with Gasteiger partial charge in [-0.1, -0.05) is 5.16 Å². The molecule has 1 aromatic heterocycles. The number of nitrogens with one attached hydrogen (secondary N) is 1. The molecular weight excluding hydrogens is 276 g/mol. The largest absolute Gasteiger partial charge is 0.409 e. The topological polar surface area (TPSA) is 128 Å². The fourth-order valence-corrected chi connectivity index (χ4v) is 2.50. The standard InChI is InChI=1S/C12H20N6O3/c1-8(9-16-14-7-18(9)2)15-11(19)12(10(13)17-20)3-5-21-6-4-12/h7-8,20H,3-6H2,1-2H3,(H2,13,17)(H,15,19). The molecule has 1 aliphatic heterocycles. The lowest BCUT2D eigenvalue weighted by Gasteiger charge is -2.35. The van der Waals surface area contributed by atoms with Crippen LogP contribution in [0.25, 0.3) is 0 Å². The van der Waals surface area contributed by atoms with E-state index in [-0.39, 0.29) is 17.8 Å². The lowest BCUT2D eigenvalue weighted by Crippen LogP contribution is -2.53. The molecule has 21 heavy (non-hydrogen) atoms. The minimum atomic E-state index is -1.04. The molecule has 0 spiro atoms. The van der Waals surface area contributed by atoms with E-state index in [1.54, 1.807) is 24.9 Å². The fourth-order valence-electron chi connectivity index (χ4n) is 2.50. The second kappa shape index (κ2) is 6.08. The Labute approximate surface area is 122 Å². The molecule has 0 aliphatic carbocycles. The molecule has 1 fully saturated rings. The summed E-state index contributed by atoms with van der Waals surface area (Å²) in [4.78, 5) is 12.6. The maximum atomic E-state index is 12.6. The van der Waals surface area contributed by atoms with Crippen molar-refractivity contribution in [1.29, 1.82) is 0 Å². The molecule has 4 N–H and O–H groups in total. The van der Waals surface area contributed by atoms with Crippen LogP contribution in [-0.2, 0) is 16.6 Å². The van der Waals surface area contributed by atoms with Crippen molar-refractivity contribution in [2.75, 3.05) is 13.2 Å². The van der Waals surface area contributed by atoms with Crippen LogP contribution in [0.5, 0.6) is 0 Å². The van der Waals surface area contributed by atoms with Gasteiger partial charge in [0.05, 0.1) is 6.04 Å². The number of aryl methyl sites for hydroxylation is 1. The summed E-state index contributed by atoms with van der Waals surface area (Å²) in [6.45, 7) is 2.59. The van der Waals surface area contributed by atoms with Gasteiger partial charge in [-0.3, -0.25) is 4.79 Å². The second-order valence-electron chi connectivity index (χ2n) is 5.17. The summed E-state index contributed by atoms with van der Waals surface area (Å²) >= 11 is 0. The highest BCUT2D eigenvalue weighted by Crippen LogP contribution is 2.32. The smallest absolute Gasteiger partial charge is 0.234 e. The number of nitrogens with two attached hydrogens (primary N) is 1. The van der Waals surface area contributed by atoms with Crippen LogP contribution in [0.2, 0.25) is 0 Å².